The Morgan fingerprint density at radius 1 is 1.13 bits per heavy atom. The summed E-state index contributed by atoms with van der Waals surface area (Å²) in [6, 6.07) is 15.3. The Balaban J connectivity index is 1.60. The normalized spacial score (nSPS) is 17.1. The maximum absolute atomic E-state index is 12.5. The molecule has 1 heterocycles. The van der Waals surface area contributed by atoms with Crippen LogP contribution in [0.1, 0.15) is 22.3 Å². The molecule has 1 aliphatic heterocycles. The van der Waals surface area contributed by atoms with Crippen molar-refractivity contribution in [3.8, 4) is 11.5 Å². The number of aryl methyl sites for hydroxylation is 1. The molecule has 0 bridgehead atoms. The van der Waals surface area contributed by atoms with Crippen LogP contribution in [0.25, 0.3) is 0 Å². The van der Waals surface area contributed by atoms with E-state index in [1.807, 2.05) is 60.4 Å². The third-order valence-corrected chi connectivity index (χ3v) is 4.06. The first-order valence-electron chi connectivity index (χ1n) is 7.82. The van der Waals surface area contributed by atoms with Gasteiger partial charge < -0.3 is 14.4 Å². The topological polar surface area (TPSA) is 38.8 Å². The van der Waals surface area contributed by atoms with Gasteiger partial charge in [0.15, 0.2) is 0 Å². The fraction of sp³-hybridized carbons (Fsp3) is 0.316. The predicted octanol–water partition coefficient (Wildman–Crippen LogP) is 3.30. The van der Waals surface area contributed by atoms with E-state index in [4.69, 9.17) is 9.47 Å². The first kappa shape index (κ1) is 15.4. The monoisotopic (exact) mass is 311 g/mol. The lowest BCUT2D eigenvalue weighted by molar-refractivity contribution is 0.0772. The minimum Gasteiger partial charge on any atom is -0.497 e. The standard InChI is InChI=1S/C19H21NO3/c1-14-4-3-5-15(12-14)19(21)20-11-10-18(13-20)23-17-8-6-16(22-2)7-9-17/h3-9,12,18H,10-11,13H2,1-2H3/t18-/m1/s1. The number of carbonyl (C=O) groups excluding carboxylic acids is 1. The van der Waals surface area contributed by atoms with Crippen LogP contribution in [0.3, 0.4) is 0 Å². The summed E-state index contributed by atoms with van der Waals surface area (Å²) in [5, 5.41) is 0. The third-order valence-electron chi connectivity index (χ3n) is 4.06. The summed E-state index contributed by atoms with van der Waals surface area (Å²) >= 11 is 0. The van der Waals surface area contributed by atoms with Crippen molar-refractivity contribution in [1.29, 1.82) is 0 Å². The summed E-state index contributed by atoms with van der Waals surface area (Å²) in [5.74, 6) is 1.69. The van der Waals surface area contributed by atoms with Gasteiger partial charge in [-0.25, -0.2) is 0 Å². The van der Waals surface area contributed by atoms with E-state index in [2.05, 4.69) is 0 Å². The van der Waals surface area contributed by atoms with E-state index in [0.717, 1.165) is 35.6 Å². The van der Waals surface area contributed by atoms with Gasteiger partial charge in [0.25, 0.3) is 5.91 Å². The second-order valence-corrected chi connectivity index (χ2v) is 5.82. The van der Waals surface area contributed by atoms with Crippen LogP contribution in [0.15, 0.2) is 48.5 Å². The molecule has 4 heteroatoms. The molecule has 0 aliphatic carbocycles. The highest BCUT2D eigenvalue weighted by molar-refractivity contribution is 5.94. The molecular weight excluding hydrogens is 290 g/mol. The van der Waals surface area contributed by atoms with Gasteiger partial charge in [0, 0.05) is 18.5 Å². The van der Waals surface area contributed by atoms with Crippen LogP contribution >= 0.6 is 0 Å². The first-order valence-corrected chi connectivity index (χ1v) is 7.82. The number of methoxy groups -OCH3 is 1. The van der Waals surface area contributed by atoms with Crippen LogP contribution in [-0.2, 0) is 0 Å². The fourth-order valence-electron chi connectivity index (χ4n) is 2.82. The smallest absolute Gasteiger partial charge is 0.253 e. The number of ether oxygens (including phenoxy) is 2. The van der Waals surface area contributed by atoms with Gasteiger partial charge >= 0.3 is 0 Å². The fourth-order valence-corrected chi connectivity index (χ4v) is 2.82. The van der Waals surface area contributed by atoms with Crippen LogP contribution in [0.2, 0.25) is 0 Å². The molecule has 1 fully saturated rings. The SMILES string of the molecule is COc1ccc(O[C@@H]2CCN(C(=O)c3cccc(C)c3)C2)cc1. The first-order chi connectivity index (χ1) is 11.2. The molecule has 2 aromatic carbocycles. The van der Waals surface area contributed by atoms with E-state index in [1.165, 1.54) is 0 Å². The van der Waals surface area contributed by atoms with Gasteiger partial charge in [-0.15, -0.1) is 0 Å². The molecule has 0 spiro atoms. The molecule has 4 nitrogen and oxygen atoms in total. The van der Waals surface area contributed by atoms with Gasteiger partial charge in [0.1, 0.15) is 17.6 Å². The number of hydrogen-bond donors (Lipinski definition) is 0. The average molecular weight is 311 g/mol. The summed E-state index contributed by atoms with van der Waals surface area (Å²) in [5.41, 5.74) is 1.84. The zero-order chi connectivity index (χ0) is 16.2. The molecule has 0 N–H and O–H groups in total. The largest absolute Gasteiger partial charge is 0.497 e. The number of nitrogens with zero attached hydrogens (tertiary/aromatic N) is 1. The Hall–Kier alpha value is -2.49. The minimum absolute atomic E-state index is 0.0390. The van der Waals surface area contributed by atoms with Crippen molar-refractivity contribution in [2.24, 2.45) is 0 Å². The number of benzene rings is 2. The lowest BCUT2D eigenvalue weighted by Crippen LogP contribution is -2.30. The summed E-state index contributed by atoms with van der Waals surface area (Å²) in [4.78, 5) is 14.4. The highest BCUT2D eigenvalue weighted by atomic mass is 16.5. The average Bonchev–Trinajstić information content (AvgIpc) is 3.03. The number of carbonyl (C=O) groups is 1. The van der Waals surface area contributed by atoms with E-state index >= 15 is 0 Å². The highest BCUT2D eigenvalue weighted by Gasteiger charge is 2.28. The van der Waals surface area contributed by atoms with Gasteiger partial charge in [-0.2, -0.15) is 0 Å². The van der Waals surface area contributed by atoms with Crippen molar-refractivity contribution < 1.29 is 14.3 Å². The second-order valence-electron chi connectivity index (χ2n) is 5.82. The molecule has 0 unspecified atom stereocenters. The molecule has 0 radical (unpaired) electrons. The van der Waals surface area contributed by atoms with Crippen LogP contribution in [0, 0.1) is 6.92 Å². The van der Waals surface area contributed by atoms with E-state index in [0.29, 0.717) is 6.54 Å². The molecule has 0 aromatic heterocycles. The Morgan fingerprint density at radius 2 is 1.87 bits per heavy atom. The zero-order valence-electron chi connectivity index (χ0n) is 13.5. The molecule has 2 aromatic rings. The second kappa shape index (κ2) is 6.73. The van der Waals surface area contributed by atoms with Gasteiger partial charge in [0.05, 0.1) is 13.7 Å². The van der Waals surface area contributed by atoms with Crippen molar-refractivity contribution in [2.75, 3.05) is 20.2 Å². The zero-order valence-corrected chi connectivity index (χ0v) is 13.5. The van der Waals surface area contributed by atoms with Crippen LogP contribution in [0.4, 0.5) is 0 Å². The molecule has 1 amide bonds. The maximum Gasteiger partial charge on any atom is 0.253 e. The van der Waals surface area contributed by atoms with Crippen molar-refractivity contribution in [1.82, 2.24) is 4.90 Å². The number of amides is 1. The minimum atomic E-state index is 0.0390. The lowest BCUT2D eigenvalue weighted by atomic mass is 10.1. The third kappa shape index (κ3) is 3.65. The number of rotatable bonds is 4. The summed E-state index contributed by atoms with van der Waals surface area (Å²) in [6.45, 7) is 3.35. The van der Waals surface area contributed by atoms with Crippen molar-refractivity contribution >= 4 is 5.91 Å². The van der Waals surface area contributed by atoms with E-state index in [1.54, 1.807) is 7.11 Å². The summed E-state index contributed by atoms with van der Waals surface area (Å²) in [7, 11) is 1.64. The quantitative estimate of drug-likeness (QED) is 0.869. The number of likely N-dealkylation sites (tertiary alicyclic amines) is 1. The summed E-state index contributed by atoms with van der Waals surface area (Å²) in [6.07, 6.45) is 0.890. The van der Waals surface area contributed by atoms with E-state index in [-0.39, 0.29) is 12.0 Å². The van der Waals surface area contributed by atoms with Crippen LogP contribution in [0.5, 0.6) is 11.5 Å². The molecule has 0 saturated carbocycles. The van der Waals surface area contributed by atoms with Crippen molar-refractivity contribution in [2.45, 2.75) is 19.4 Å². The van der Waals surface area contributed by atoms with Gasteiger partial charge in [-0.1, -0.05) is 17.7 Å². The Kier molecular flexibility index (Phi) is 4.51. The van der Waals surface area contributed by atoms with Gasteiger partial charge in [-0.3, -0.25) is 4.79 Å². The van der Waals surface area contributed by atoms with Crippen molar-refractivity contribution in [3.05, 3.63) is 59.7 Å². The predicted molar refractivity (Wildman–Crippen MR) is 89.1 cm³/mol. The maximum atomic E-state index is 12.5. The Labute approximate surface area is 136 Å². The highest BCUT2D eigenvalue weighted by Crippen LogP contribution is 2.22. The molecule has 120 valence electrons. The Bertz CT molecular complexity index is 681. The lowest BCUT2D eigenvalue weighted by Gasteiger charge is -2.17. The Morgan fingerprint density at radius 3 is 2.57 bits per heavy atom. The van der Waals surface area contributed by atoms with Gasteiger partial charge in [0.2, 0.25) is 0 Å². The molecule has 1 saturated heterocycles. The molecule has 23 heavy (non-hydrogen) atoms. The van der Waals surface area contributed by atoms with Gasteiger partial charge in [-0.05, 0) is 43.3 Å². The van der Waals surface area contributed by atoms with E-state index < -0.39 is 0 Å². The molecule has 1 atom stereocenters. The number of hydrogen-bond acceptors (Lipinski definition) is 3. The summed E-state index contributed by atoms with van der Waals surface area (Å²) < 4.78 is 11.1. The molecule has 3 rings (SSSR count). The van der Waals surface area contributed by atoms with Crippen LogP contribution in [-0.4, -0.2) is 37.1 Å². The van der Waals surface area contributed by atoms with E-state index in [9.17, 15) is 4.79 Å². The molecular formula is C19H21NO3. The van der Waals surface area contributed by atoms with Crippen molar-refractivity contribution in [3.63, 3.8) is 0 Å². The van der Waals surface area contributed by atoms with Crippen LogP contribution < -0.4 is 9.47 Å². The molecule has 1 aliphatic rings.